The third kappa shape index (κ3) is 2.58. The second-order valence-electron chi connectivity index (χ2n) is 4.34. The molecule has 0 bridgehead atoms. The molecule has 1 saturated heterocycles. The van der Waals surface area contributed by atoms with E-state index in [1.54, 1.807) is 4.90 Å². The van der Waals surface area contributed by atoms with Gasteiger partial charge in [0.2, 0.25) is 0 Å². The molecule has 4 heteroatoms. The number of amides is 1. The van der Waals surface area contributed by atoms with Crippen molar-refractivity contribution in [1.82, 2.24) is 4.90 Å². The average Bonchev–Trinajstić information content (AvgIpc) is 2.65. The Balaban J connectivity index is 2.08. The fourth-order valence-electron chi connectivity index (χ4n) is 2.16. The van der Waals surface area contributed by atoms with E-state index in [1.165, 1.54) is 11.1 Å². The molecule has 0 aliphatic carbocycles. The summed E-state index contributed by atoms with van der Waals surface area (Å²) in [6.07, 6.45) is 0.590. The van der Waals surface area contributed by atoms with Crippen LogP contribution in [-0.2, 0) is 11.2 Å². The smallest absolute Gasteiger partial charge is 0.410 e. The molecule has 0 radical (unpaired) electrons. The SMILES string of the molecule is Cc1ccccc1CC1COC(=O)N1CCN. The number of ether oxygens (including phenoxy) is 1. The molecule has 4 nitrogen and oxygen atoms in total. The molecule has 1 amide bonds. The molecule has 1 fully saturated rings. The Morgan fingerprint density at radius 2 is 2.24 bits per heavy atom. The zero-order chi connectivity index (χ0) is 12.3. The topological polar surface area (TPSA) is 55.6 Å². The molecule has 0 aromatic heterocycles. The maximum absolute atomic E-state index is 11.5. The summed E-state index contributed by atoms with van der Waals surface area (Å²) in [4.78, 5) is 13.2. The van der Waals surface area contributed by atoms with Crippen molar-refractivity contribution in [2.45, 2.75) is 19.4 Å². The minimum absolute atomic E-state index is 0.118. The van der Waals surface area contributed by atoms with Crippen LogP contribution in [0, 0.1) is 6.92 Å². The molecule has 2 rings (SSSR count). The largest absolute Gasteiger partial charge is 0.447 e. The van der Waals surface area contributed by atoms with Crippen molar-refractivity contribution in [3.8, 4) is 0 Å². The van der Waals surface area contributed by atoms with Crippen LogP contribution in [0.2, 0.25) is 0 Å². The zero-order valence-corrected chi connectivity index (χ0v) is 10.1. The summed E-state index contributed by atoms with van der Waals surface area (Å²) in [7, 11) is 0. The van der Waals surface area contributed by atoms with Crippen LogP contribution < -0.4 is 5.73 Å². The molecule has 0 saturated carbocycles. The van der Waals surface area contributed by atoms with E-state index in [-0.39, 0.29) is 12.1 Å². The molecule has 1 aromatic rings. The fraction of sp³-hybridized carbons (Fsp3) is 0.462. The Bertz CT molecular complexity index is 406. The quantitative estimate of drug-likeness (QED) is 0.854. The van der Waals surface area contributed by atoms with E-state index < -0.39 is 0 Å². The van der Waals surface area contributed by atoms with Gasteiger partial charge >= 0.3 is 6.09 Å². The van der Waals surface area contributed by atoms with Crippen molar-refractivity contribution in [3.63, 3.8) is 0 Å². The maximum atomic E-state index is 11.5. The van der Waals surface area contributed by atoms with Crippen LogP contribution in [0.25, 0.3) is 0 Å². The first kappa shape index (κ1) is 11.9. The zero-order valence-electron chi connectivity index (χ0n) is 10.1. The number of hydrogen-bond donors (Lipinski definition) is 1. The second-order valence-corrected chi connectivity index (χ2v) is 4.34. The van der Waals surface area contributed by atoms with Crippen LogP contribution in [0.5, 0.6) is 0 Å². The summed E-state index contributed by atoms with van der Waals surface area (Å²) < 4.78 is 5.07. The van der Waals surface area contributed by atoms with Crippen molar-refractivity contribution < 1.29 is 9.53 Å². The predicted octanol–water partition coefficient (Wildman–Crippen LogP) is 1.32. The Hall–Kier alpha value is -1.55. The number of cyclic esters (lactones) is 1. The highest BCUT2D eigenvalue weighted by atomic mass is 16.6. The van der Waals surface area contributed by atoms with Gasteiger partial charge in [-0.25, -0.2) is 4.79 Å². The monoisotopic (exact) mass is 234 g/mol. The lowest BCUT2D eigenvalue weighted by Gasteiger charge is -2.21. The highest BCUT2D eigenvalue weighted by molar-refractivity contribution is 5.70. The molecule has 1 unspecified atom stereocenters. The minimum Gasteiger partial charge on any atom is -0.447 e. The van der Waals surface area contributed by atoms with Gasteiger partial charge in [0.1, 0.15) is 6.61 Å². The lowest BCUT2D eigenvalue weighted by atomic mass is 10.0. The van der Waals surface area contributed by atoms with Crippen molar-refractivity contribution in [2.75, 3.05) is 19.7 Å². The van der Waals surface area contributed by atoms with Gasteiger partial charge in [-0.15, -0.1) is 0 Å². The van der Waals surface area contributed by atoms with Crippen molar-refractivity contribution in [3.05, 3.63) is 35.4 Å². The Kier molecular flexibility index (Phi) is 3.64. The average molecular weight is 234 g/mol. The Labute approximate surface area is 101 Å². The summed E-state index contributed by atoms with van der Waals surface area (Å²) in [6.45, 7) is 3.59. The molecule has 1 heterocycles. The highest BCUT2D eigenvalue weighted by Gasteiger charge is 2.32. The number of carbonyl (C=O) groups excluding carboxylic acids is 1. The number of carbonyl (C=O) groups is 1. The van der Waals surface area contributed by atoms with Crippen LogP contribution in [0.15, 0.2) is 24.3 Å². The molecular weight excluding hydrogens is 216 g/mol. The lowest BCUT2D eigenvalue weighted by Crippen LogP contribution is -2.38. The maximum Gasteiger partial charge on any atom is 0.410 e. The van der Waals surface area contributed by atoms with E-state index >= 15 is 0 Å². The van der Waals surface area contributed by atoms with Crippen LogP contribution in [-0.4, -0.2) is 36.7 Å². The minimum atomic E-state index is -0.242. The van der Waals surface area contributed by atoms with Crippen molar-refractivity contribution >= 4 is 6.09 Å². The molecule has 0 spiro atoms. The van der Waals surface area contributed by atoms with E-state index in [0.717, 1.165) is 6.42 Å². The molecule has 1 aliphatic heterocycles. The lowest BCUT2D eigenvalue weighted by molar-refractivity contribution is 0.158. The summed E-state index contributed by atoms with van der Waals surface area (Å²) in [5.74, 6) is 0. The second kappa shape index (κ2) is 5.19. The van der Waals surface area contributed by atoms with Crippen molar-refractivity contribution in [2.24, 2.45) is 5.73 Å². The number of aryl methyl sites for hydroxylation is 1. The van der Waals surface area contributed by atoms with Gasteiger partial charge in [0.05, 0.1) is 6.04 Å². The van der Waals surface area contributed by atoms with E-state index in [1.807, 2.05) is 12.1 Å². The Morgan fingerprint density at radius 3 is 2.94 bits per heavy atom. The first-order valence-corrected chi connectivity index (χ1v) is 5.90. The third-order valence-corrected chi connectivity index (χ3v) is 3.16. The van der Waals surface area contributed by atoms with Gasteiger partial charge in [-0.3, -0.25) is 0 Å². The standard InChI is InChI=1S/C13H18N2O2/c1-10-4-2-3-5-11(10)8-12-9-17-13(16)15(12)7-6-14/h2-5,12H,6-9,14H2,1H3. The molecule has 1 aromatic carbocycles. The van der Waals surface area contributed by atoms with Crippen molar-refractivity contribution in [1.29, 1.82) is 0 Å². The summed E-state index contributed by atoms with van der Waals surface area (Å²) in [5.41, 5.74) is 8.02. The number of nitrogens with zero attached hydrogens (tertiary/aromatic N) is 1. The molecule has 1 atom stereocenters. The number of rotatable bonds is 4. The van der Waals surface area contributed by atoms with E-state index in [9.17, 15) is 4.79 Å². The molecule has 17 heavy (non-hydrogen) atoms. The van der Waals surface area contributed by atoms with Crippen LogP contribution in [0.4, 0.5) is 4.79 Å². The van der Waals surface area contributed by atoms with Gasteiger partial charge in [0, 0.05) is 13.1 Å². The number of benzene rings is 1. The first-order valence-electron chi connectivity index (χ1n) is 5.90. The molecule has 1 aliphatic rings. The van der Waals surface area contributed by atoms with E-state index in [2.05, 4.69) is 19.1 Å². The molecule has 92 valence electrons. The summed E-state index contributed by atoms with van der Waals surface area (Å²) in [5, 5.41) is 0. The normalized spacial score (nSPS) is 19.5. The van der Waals surface area contributed by atoms with Gasteiger partial charge in [-0.2, -0.15) is 0 Å². The van der Waals surface area contributed by atoms with Crippen LogP contribution in [0.3, 0.4) is 0 Å². The third-order valence-electron chi connectivity index (χ3n) is 3.16. The van der Waals surface area contributed by atoms with Crippen LogP contribution >= 0.6 is 0 Å². The number of nitrogens with two attached hydrogens (primary N) is 1. The Morgan fingerprint density at radius 1 is 1.47 bits per heavy atom. The fourth-order valence-corrected chi connectivity index (χ4v) is 2.16. The van der Waals surface area contributed by atoms with Gasteiger partial charge in [-0.05, 0) is 24.5 Å². The van der Waals surface area contributed by atoms with Gasteiger partial charge in [0.15, 0.2) is 0 Å². The molecular formula is C13H18N2O2. The van der Waals surface area contributed by atoms with E-state index in [4.69, 9.17) is 10.5 Å². The summed E-state index contributed by atoms with van der Waals surface area (Å²) in [6, 6.07) is 8.34. The van der Waals surface area contributed by atoms with Gasteiger partial charge in [-0.1, -0.05) is 24.3 Å². The van der Waals surface area contributed by atoms with E-state index in [0.29, 0.717) is 19.7 Å². The van der Waals surface area contributed by atoms with Gasteiger partial charge in [0.25, 0.3) is 0 Å². The predicted molar refractivity (Wildman–Crippen MR) is 65.8 cm³/mol. The highest BCUT2D eigenvalue weighted by Crippen LogP contribution is 2.18. The molecule has 2 N–H and O–H groups in total. The number of hydrogen-bond acceptors (Lipinski definition) is 3. The first-order chi connectivity index (χ1) is 8.22. The van der Waals surface area contributed by atoms with Gasteiger partial charge < -0.3 is 15.4 Å². The summed E-state index contributed by atoms with van der Waals surface area (Å²) >= 11 is 0. The van der Waals surface area contributed by atoms with Crippen LogP contribution in [0.1, 0.15) is 11.1 Å².